The molecule has 20 heavy (non-hydrogen) atoms. The largest absolute Gasteiger partial charge is 0.374 e. The van der Waals surface area contributed by atoms with E-state index in [2.05, 4.69) is 65.0 Å². The van der Waals surface area contributed by atoms with Crippen molar-refractivity contribution in [3.05, 3.63) is 58.2 Å². The Kier molecular flexibility index (Phi) is 4.19. The summed E-state index contributed by atoms with van der Waals surface area (Å²) < 4.78 is 5.97. The van der Waals surface area contributed by atoms with Crippen LogP contribution in [0.3, 0.4) is 0 Å². The number of benzene rings is 1. The third-order valence-corrected chi connectivity index (χ3v) is 5.33. The molecular formula is C19H26O. The zero-order valence-electron chi connectivity index (χ0n) is 13.6. The van der Waals surface area contributed by atoms with Gasteiger partial charge in [-0.3, -0.25) is 0 Å². The quantitative estimate of drug-likeness (QED) is 0.756. The fourth-order valence-electron chi connectivity index (χ4n) is 3.30. The number of allylic oxidation sites excluding steroid dienone is 2. The van der Waals surface area contributed by atoms with Crippen molar-refractivity contribution >= 4 is 0 Å². The third kappa shape index (κ3) is 2.35. The van der Waals surface area contributed by atoms with E-state index >= 15 is 0 Å². The van der Waals surface area contributed by atoms with Gasteiger partial charge in [0.05, 0.1) is 5.60 Å². The topological polar surface area (TPSA) is 9.23 Å². The predicted octanol–water partition coefficient (Wildman–Crippen LogP) is 4.94. The van der Waals surface area contributed by atoms with Crippen molar-refractivity contribution in [1.82, 2.24) is 0 Å². The second-order valence-corrected chi connectivity index (χ2v) is 6.11. The second kappa shape index (κ2) is 5.57. The SMILES string of the molecule is COC1(C)C(Cc2ccccc2)=C(C)C(C)=C(C)C1C. The van der Waals surface area contributed by atoms with E-state index in [1.54, 1.807) is 0 Å². The Morgan fingerprint density at radius 3 is 2.20 bits per heavy atom. The lowest BCUT2D eigenvalue weighted by atomic mass is 9.69. The van der Waals surface area contributed by atoms with Crippen LogP contribution in [0.1, 0.15) is 40.2 Å². The van der Waals surface area contributed by atoms with Crippen LogP contribution in [0.25, 0.3) is 0 Å². The first-order valence-electron chi connectivity index (χ1n) is 7.38. The average molecular weight is 270 g/mol. The van der Waals surface area contributed by atoms with Crippen molar-refractivity contribution in [3.63, 3.8) is 0 Å². The minimum absolute atomic E-state index is 0.205. The molecule has 0 radical (unpaired) electrons. The van der Waals surface area contributed by atoms with Gasteiger partial charge >= 0.3 is 0 Å². The molecule has 0 saturated carbocycles. The van der Waals surface area contributed by atoms with Crippen LogP contribution in [-0.4, -0.2) is 12.7 Å². The Hall–Kier alpha value is -1.34. The van der Waals surface area contributed by atoms with Gasteiger partial charge in [-0.25, -0.2) is 0 Å². The van der Waals surface area contributed by atoms with Crippen molar-refractivity contribution in [2.45, 2.75) is 46.6 Å². The lowest BCUT2D eigenvalue weighted by molar-refractivity contribution is 0.000744. The summed E-state index contributed by atoms with van der Waals surface area (Å²) in [5.41, 5.74) is 6.84. The van der Waals surface area contributed by atoms with Crippen LogP contribution >= 0.6 is 0 Å². The molecule has 0 aliphatic heterocycles. The molecule has 1 aliphatic rings. The van der Waals surface area contributed by atoms with Gasteiger partial charge in [0.2, 0.25) is 0 Å². The molecule has 2 unspecified atom stereocenters. The average Bonchev–Trinajstić information content (AvgIpc) is 2.48. The molecular weight excluding hydrogens is 244 g/mol. The van der Waals surface area contributed by atoms with E-state index in [-0.39, 0.29) is 5.60 Å². The fourth-order valence-corrected chi connectivity index (χ4v) is 3.30. The molecule has 0 amide bonds. The fraction of sp³-hybridized carbons (Fsp3) is 0.474. The van der Waals surface area contributed by atoms with Gasteiger partial charge in [-0.2, -0.15) is 0 Å². The summed E-state index contributed by atoms with van der Waals surface area (Å²) in [4.78, 5) is 0. The molecule has 108 valence electrons. The Morgan fingerprint density at radius 2 is 1.65 bits per heavy atom. The molecule has 1 heteroatoms. The molecule has 0 saturated heterocycles. The van der Waals surface area contributed by atoms with Gasteiger partial charge in [0.1, 0.15) is 0 Å². The van der Waals surface area contributed by atoms with Crippen molar-refractivity contribution in [1.29, 1.82) is 0 Å². The van der Waals surface area contributed by atoms with Crippen molar-refractivity contribution in [3.8, 4) is 0 Å². The first-order valence-corrected chi connectivity index (χ1v) is 7.38. The minimum Gasteiger partial charge on any atom is -0.374 e. The smallest absolute Gasteiger partial charge is 0.0930 e. The van der Waals surface area contributed by atoms with E-state index in [1.165, 1.54) is 27.9 Å². The molecule has 1 aliphatic carbocycles. The van der Waals surface area contributed by atoms with E-state index in [4.69, 9.17) is 4.74 Å². The zero-order valence-corrected chi connectivity index (χ0v) is 13.6. The normalized spacial score (nSPS) is 27.2. The van der Waals surface area contributed by atoms with E-state index in [0.29, 0.717) is 5.92 Å². The minimum atomic E-state index is -0.205. The van der Waals surface area contributed by atoms with Gasteiger partial charge in [-0.05, 0) is 56.4 Å². The number of methoxy groups -OCH3 is 1. The van der Waals surface area contributed by atoms with E-state index < -0.39 is 0 Å². The summed E-state index contributed by atoms with van der Waals surface area (Å²) in [6, 6.07) is 10.7. The highest BCUT2D eigenvalue weighted by molar-refractivity contribution is 5.47. The van der Waals surface area contributed by atoms with E-state index in [1.807, 2.05) is 7.11 Å². The summed E-state index contributed by atoms with van der Waals surface area (Å²) in [6.07, 6.45) is 0.964. The van der Waals surface area contributed by atoms with Crippen LogP contribution in [0.4, 0.5) is 0 Å². The Balaban J connectivity index is 2.50. The van der Waals surface area contributed by atoms with Crippen LogP contribution in [-0.2, 0) is 11.2 Å². The van der Waals surface area contributed by atoms with Crippen LogP contribution in [0.5, 0.6) is 0 Å². The Labute approximate surface area is 123 Å². The molecule has 0 spiro atoms. The highest BCUT2D eigenvalue weighted by Gasteiger charge is 2.40. The highest BCUT2D eigenvalue weighted by atomic mass is 16.5. The second-order valence-electron chi connectivity index (χ2n) is 6.11. The molecule has 1 aromatic rings. The Morgan fingerprint density at radius 1 is 1.05 bits per heavy atom. The first kappa shape index (κ1) is 15.1. The van der Waals surface area contributed by atoms with Crippen molar-refractivity contribution in [2.75, 3.05) is 7.11 Å². The van der Waals surface area contributed by atoms with Gasteiger partial charge < -0.3 is 4.74 Å². The summed E-state index contributed by atoms with van der Waals surface area (Å²) in [5.74, 6) is 0.412. The van der Waals surface area contributed by atoms with Crippen LogP contribution in [0.2, 0.25) is 0 Å². The molecule has 1 aromatic carbocycles. The summed E-state index contributed by atoms with van der Waals surface area (Å²) in [7, 11) is 1.84. The number of hydrogen-bond acceptors (Lipinski definition) is 1. The number of hydrogen-bond donors (Lipinski definition) is 0. The molecule has 0 aromatic heterocycles. The Bertz CT molecular complexity index is 550. The maximum Gasteiger partial charge on any atom is 0.0930 e. The standard InChI is InChI=1S/C19H26O/c1-13-14(2)16(4)19(5,20-6)18(15(13)3)12-17-10-8-7-9-11-17/h7-11,16H,12H2,1-6H3. The highest BCUT2D eigenvalue weighted by Crippen LogP contribution is 2.44. The van der Waals surface area contributed by atoms with Crippen LogP contribution < -0.4 is 0 Å². The lowest BCUT2D eigenvalue weighted by Gasteiger charge is -2.43. The van der Waals surface area contributed by atoms with Gasteiger partial charge in [0.15, 0.2) is 0 Å². The molecule has 2 rings (SSSR count). The van der Waals surface area contributed by atoms with E-state index in [9.17, 15) is 0 Å². The van der Waals surface area contributed by atoms with Gasteiger partial charge in [0.25, 0.3) is 0 Å². The molecule has 2 atom stereocenters. The van der Waals surface area contributed by atoms with Gasteiger partial charge in [-0.15, -0.1) is 0 Å². The first-order chi connectivity index (χ1) is 9.41. The lowest BCUT2D eigenvalue weighted by Crippen LogP contribution is -2.42. The predicted molar refractivity (Wildman–Crippen MR) is 85.8 cm³/mol. The molecule has 0 heterocycles. The summed E-state index contributed by atoms with van der Waals surface area (Å²) >= 11 is 0. The molecule has 0 N–H and O–H groups in total. The van der Waals surface area contributed by atoms with Gasteiger partial charge in [0, 0.05) is 13.0 Å². The maximum absolute atomic E-state index is 5.97. The summed E-state index contributed by atoms with van der Waals surface area (Å²) in [5, 5.41) is 0. The summed E-state index contributed by atoms with van der Waals surface area (Å²) in [6.45, 7) is 11.2. The molecule has 0 bridgehead atoms. The van der Waals surface area contributed by atoms with Crippen molar-refractivity contribution < 1.29 is 4.74 Å². The number of rotatable bonds is 3. The van der Waals surface area contributed by atoms with E-state index in [0.717, 1.165) is 6.42 Å². The third-order valence-electron chi connectivity index (χ3n) is 5.33. The van der Waals surface area contributed by atoms with Crippen LogP contribution in [0, 0.1) is 5.92 Å². The molecule has 0 fully saturated rings. The monoisotopic (exact) mass is 270 g/mol. The van der Waals surface area contributed by atoms with Gasteiger partial charge in [-0.1, -0.05) is 42.8 Å². The zero-order chi connectivity index (χ0) is 14.9. The van der Waals surface area contributed by atoms with Crippen molar-refractivity contribution in [2.24, 2.45) is 5.92 Å². The molecule has 1 nitrogen and oxygen atoms in total. The number of ether oxygens (including phenoxy) is 1. The maximum atomic E-state index is 5.97. The van der Waals surface area contributed by atoms with Crippen LogP contribution in [0.15, 0.2) is 52.6 Å².